The van der Waals surface area contributed by atoms with Crippen molar-refractivity contribution in [1.82, 2.24) is 16.2 Å². The lowest BCUT2D eigenvalue weighted by molar-refractivity contribution is -0.123. The van der Waals surface area contributed by atoms with E-state index in [-0.39, 0.29) is 17.6 Å². The highest BCUT2D eigenvalue weighted by atomic mass is 79.9. The summed E-state index contributed by atoms with van der Waals surface area (Å²) >= 11 is 8.50. The van der Waals surface area contributed by atoms with E-state index < -0.39 is 11.8 Å². The van der Waals surface area contributed by atoms with Crippen LogP contribution < -0.4 is 25.6 Å². The number of hydrazine groups is 1. The number of hydrogen-bond acceptors (Lipinski definition) is 5. The smallest absolute Gasteiger partial charge is 0.276 e. The second kappa shape index (κ2) is 12.6. The minimum Gasteiger partial charge on any atom is -0.492 e. The van der Waals surface area contributed by atoms with Crippen LogP contribution >= 0.6 is 28.1 Å². The van der Waals surface area contributed by atoms with E-state index in [0.717, 1.165) is 11.1 Å². The van der Waals surface area contributed by atoms with Gasteiger partial charge in [-0.15, -0.1) is 0 Å². The molecule has 2 aromatic carbocycles. The van der Waals surface area contributed by atoms with E-state index in [1.807, 2.05) is 25.1 Å². The highest BCUT2D eigenvalue weighted by Crippen LogP contribution is 2.28. The third-order valence-electron chi connectivity index (χ3n) is 4.46. The van der Waals surface area contributed by atoms with Crippen molar-refractivity contribution in [2.24, 2.45) is 5.92 Å². The van der Waals surface area contributed by atoms with E-state index >= 15 is 0 Å². The third-order valence-corrected chi connectivity index (χ3v) is 5.28. The van der Waals surface area contributed by atoms with Gasteiger partial charge in [-0.05, 0) is 82.3 Å². The molecular weight excluding hydrogens is 506 g/mol. The third kappa shape index (κ3) is 8.66. The molecule has 2 aromatic rings. The Hall–Kier alpha value is -2.65. The summed E-state index contributed by atoms with van der Waals surface area (Å²) in [6, 6.07) is 10.9. The van der Waals surface area contributed by atoms with Crippen LogP contribution in [0.4, 0.5) is 0 Å². The number of thiocarbonyl (C=S) groups is 1. The SMILES string of the molecule is Cc1ccc(C(C)C)c(OCC(=O)NNC(=S)NC(=O)c2ccc(OCC(C)C)c(Br)c2)c1. The summed E-state index contributed by atoms with van der Waals surface area (Å²) in [6.45, 7) is 10.6. The second-order valence-corrected chi connectivity index (χ2v) is 9.55. The molecular formula is C24H30BrN3O4S. The molecule has 9 heteroatoms. The molecule has 0 radical (unpaired) electrons. The summed E-state index contributed by atoms with van der Waals surface area (Å²) < 4.78 is 12.0. The van der Waals surface area contributed by atoms with Gasteiger partial charge in [0.05, 0.1) is 11.1 Å². The van der Waals surface area contributed by atoms with Crippen molar-refractivity contribution < 1.29 is 19.1 Å². The number of nitrogens with one attached hydrogen (secondary N) is 3. The average molecular weight is 536 g/mol. The monoisotopic (exact) mass is 535 g/mol. The molecule has 178 valence electrons. The van der Waals surface area contributed by atoms with Gasteiger partial charge in [0.2, 0.25) is 0 Å². The highest BCUT2D eigenvalue weighted by Gasteiger charge is 2.13. The number of ether oxygens (including phenoxy) is 2. The van der Waals surface area contributed by atoms with Gasteiger partial charge in [0.15, 0.2) is 11.7 Å². The minimum absolute atomic E-state index is 0.0389. The molecule has 7 nitrogen and oxygen atoms in total. The first-order valence-corrected chi connectivity index (χ1v) is 11.8. The van der Waals surface area contributed by atoms with Crippen molar-refractivity contribution in [3.8, 4) is 11.5 Å². The zero-order valence-corrected chi connectivity index (χ0v) is 21.9. The van der Waals surface area contributed by atoms with Crippen LogP contribution in [0.3, 0.4) is 0 Å². The molecule has 2 rings (SSSR count). The van der Waals surface area contributed by atoms with Crippen molar-refractivity contribution in [3.63, 3.8) is 0 Å². The van der Waals surface area contributed by atoms with Crippen molar-refractivity contribution in [2.75, 3.05) is 13.2 Å². The molecule has 0 unspecified atom stereocenters. The standard InChI is InChI=1S/C24H30BrN3O4S/c1-14(2)12-31-20-9-7-17(11-19(20)25)23(30)26-24(33)28-27-22(29)13-32-21-10-16(5)6-8-18(21)15(3)4/h6-11,14-15H,12-13H2,1-5H3,(H,27,29)(H2,26,28,30,33). The molecule has 2 amide bonds. The maximum Gasteiger partial charge on any atom is 0.276 e. The fourth-order valence-electron chi connectivity index (χ4n) is 2.77. The second-order valence-electron chi connectivity index (χ2n) is 8.29. The van der Waals surface area contributed by atoms with Gasteiger partial charge in [0.1, 0.15) is 11.5 Å². The maximum atomic E-state index is 12.4. The first kappa shape index (κ1) is 26.6. The lowest BCUT2D eigenvalue weighted by atomic mass is 10.0. The summed E-state index contributed by atoms with van der Waals surface area (Å²) in [7, 11) is 0. The van der Waals surface area contributed by atoms with Gasteiger partial charge in [0.25, 0.3) is 11.8 Å². The van der Waals surface area contributed by atoms with Crippen LogP contribution in [0.2, 0.25) is 0 Å². The lowest BCUT2D eigenvalue weighted by Gasteiger charge is -2.15. The minimum atomic E-state index is -0.433. The van der Waals surface area contributed by atoms with Crippen molar-refractivity contribution in [3.05, 3.63) is 57.6 Å². The molecule has 33 heavy (non-hydrogen) atoms. The Morgan fingerprint density at radius 2 is 1.73 bits per heavy atom. The maximum absolute atomic E-state index is 12.4. The predicted molar refractivity (Wildman–Crippen MR) is 137 cm³/mol. The van der Waals surface area contributed by atoms with Crippen LogP contribution in [-0.4, -0.2) is 30.1 Å². The van der Waals surface area contributed by atoms with Gasteiger partial charge >= 0.3 is 0 Å². The Morgan fingerprint density at radius 3 is 2.36 bits per heavy atom. The molecule has 0 saturated carbocycles. The summed E-state index contributed by atoms with van der Waals surface area (Å²) in [5, 5.41) is 2.48. The summed E-state index contributed by atoms with van der Waals surface area (Å²) in [5.41, 5.74) is 7.39. The van der Waals surface area contributed by atoms with Crippen molar-refractivity contribution >= 4 is 45.1 Å². The van der Waals surface area contributed by atoms with Gasteiger partial charge in [-0.3, -0.25) is 25.8 Å². The van der Waals surface area contributed by atoms with Crippen LogP contribution in [0.25, 0.3) is 0 Å². The Kier molecular flexibility index (Phi) is 10.1. The van der Waals surface area contributed by atoms with E-state index in [1.165, 1.54) is 0 Å². The number of carbonyl (C=O) groups excluding carboxylic acids is 2. The van der Waals surface area contributed by atoms with Gasteiger partial charge < -0.3 is 9.47 Å². The molecule has 0 heterocycles. The zero-order valence-electron chi connectivity index (χ0n) is 19.5. The van der Waals surface area contributed by atoms with Crippen LogP contribution in [-0.2, 0) is 4.79 Å². The number of amides is 2. The van der Waals surface area contributed by atoms with Crippen LogP contribution in [0.15, 0.2) is 40.9 Å². The summed E-state index contributed by atoms with van der Waals surface area (Å²) in [6.07, 6.45) is 0. The van der Waals surface area contributed by atoms with E-state index in [9.17, 15) is 9.59 Å². The van der Waals surface area contributed by atoms with E-state index in [1.54, 1.807) is 18.2 Å². The molecule has 0 fully saturated rings. The number of carbonyl (C=O) groups is 2. The van der Waals surface area contributed by atoms with Gasteiger partial charge in [-0.1, -0.05) is 39.8 Å². The molecule has 0 aromatic heterocycles. The molecule has 0 spiro atoms. The molecule has 0 aliphatic carbocycles. The van der Waals surface area contributed by atoms with Crippen molar-refractivity contribution in [1.29, 1.82) is 0 Å². The number of hydrogen-bond donors (Lipinski definition) is 3. The first-order valence-electron chi connectivity index (χ1n) is 10.6. The zero-order chi connectivity index (χ0) is 24.5. The average Bonchev–Trinajstić information content (AvgIpc) is 2.75. The number of halogens is 1. The fourth-order valence-corrected chi connectivity index (χ4v) is 3.41. The van der Waals surface area contributed by atoms with Crippen LogP contribution in [0.1, 0.15) is 55.1 Å². The molecule has 0 bridgehead atoms. The van der Waals surface area contributed by atoms with Crippen LogP contribution in [0, 0.1) is 12.8 Å². The van der Waals surface area contributed by atoms with Gasteiger partial charge in [0, 0.05) is 5.56 Å². The molecule has 0 saturated heterocycles. The Labute approximate surface area is 208 Å². The van der Waals surface area contributed by atoms with Gasteiger partial charge in [-0.2, -0.15) is 0 Å². The summed E-state index contributed by atoms with van der Waals surface area (Å²) in [4.78, 5) is 24.6. The fraction of sp³-hybridized carbons (Fsp3) is 0.375. The quantitative estimate of drug-likeness (QED) is 0.337. The molecule has 3 N–H and O–H groups in total. The van der Waals surface area contributed by atoms with E-state index in [2.05, 4.69) is 59.8 Å². The largest absolute Gasteiger partial charge is 0.492 e. The van der Waals surface area contributed by atoms with Crippen LogP contribution in [0.5, 0.6) is 11.5 Å². The predicted octanol–water partition coefficient (Wildman–Crippen LogP) is 4.63. The normalized spacial score (nSPS) is 10.7. The Morgan fingerprint density at radius 1 is 1.00 bits per heavy atom. The molecule has 0 aliphatic rings. The van der Waals surface area contributed by atoms with Gasteiger partial charge in [-0.25, -0.2) is 0 Å². The number of benzene rings is 2. The molecule has 0 atom stereocenters. The van der Waals surface area contributed by atoms with E-state index in [4.69, 9.17) is 21.7 Å². The Bertz CT molecular complexity index is 1010. The first-order chi connectivity index (χ1) is 15.6. The topological polar surface area (TPSA) is 88.7 Å². The summed E-state index contributed by atoms with van der Waals surface area (Å²) in [5.74, 6) is 1.12. The Balaban J connectivity index is 1.83. The lowest BCUT2D eigenvalue weighted by Crippen LogP contribution is -2.49. The highest BCUT2D eigenvalue weighted by molar-refractivity contribution is 9.10. The van der Waals surface area contributed by atoms with E-state index in [0.29, 0.717) is 34.1 Å². The van der Waals surface area contributed by atoms with Crippen molar-refractivity contribution in [2.45, 2.75) is 40.5 Å². The number of rotatable bonds is 8. The molecule has 0 aliphatic heterocycles. The number of aryl methyl sites for hydroxylation is 1.